The zero-order chi connectivity index (χ0) is 22.2. The number of rotatable bonds is 4. The van der Waals surface area contributed by atoms with Crippen LogP contribution in [0.25, 0.3) is 22.3 Å². The van der Waals surface area contributed by atoms with Gasteiger partial charge in [-0.1, -0.05) is 23.4 Å². The summed E-state index contributed by atoms with van der Waals surface area (Å²) in [6, 6.07) is 11.3. The third-order valence-electron chi connectivity index (χ3n) is 6.04. The Morgan fingerprint density at radius 2 is 1.94 bits per heavy atom. The summed E-state index contributed by atoms with van der Waals surface area (Å²) in [6.45, 7) is 1.26. The highest BCUT2D eigenvalue weighted by Crippen LogP contribution is 2.35. The highest BCUT2D eigenvalue weighted by molar-refractivity contribution is 6.06. The number of aromatic nitrogens is 4. The number of para-hydroxylation sites is 1. The molecule has 162 valence electrons. The van der Waals surface area contributed by atoms with Crippen LogP contribution in [0.3, 0.4) is 0 Å². The zero-order valence-corrected chi connectivity index (χ0v) is 17.6. The second-order valence-electron chi connectivity index (χ2n) is 7.93. The summed E-state index contributed by atoms with van der Waals surface area (Å²) < 4.78 is 7.01. The van der Waals surface area contributed by atoms with Gasteiger partial charge in [0, 0.05) is 49.4 Å². The highest BCUT2D eigenvalue weighted by Gasteiger charge is 2.30. The molecule has 0 aliphatic carbocycles. The third kappa shape index (κ3) is 3.31. The summed E-state index contributed by atoms with van der Waals surface area (Å²) in [5.41, 5.74) is 7.46. The Labute approximate surface area is 183 Å². The average Bonchev–Trinajstić information content (AvgIpc) is 3.32. The van der Waals surface area contributed by atoms with E-state index >= 15 is 0 Å². The molecule has 4 heterocycles. The molecule has 0 bridgehead atoms. The van der Waals surface area contributed by atoms with Crippen LogP contribution in [-0.2, 0) is 7.05 Å². The minimum Gasteiger partial charge on any atom is -0.370 e. The molecule has 0 spiro atoms. The maximum atomic E-state index is 12.9. The average molecular weight is 430 g/mol. The SMILES string of the molecule is Cn1c(=O)c(C(N)=O)c(N2CCC(c3nc(-c4cccnc4)no3)CC2)c2ccccc21. The Balaban J connectivity index is 1.45. The quantitative estimate of drug-likeness (QED) is 0.528. The van der Waals surface area contributed by atoms with Crippen LogP contribution < -0.4 is 16.2 Å². The molecule has 1 aliphatic heterocycles. The highest BCUT2D eigenvalue weighted by atomic mass is 16.5. The lowest BCUT2D eigenvalue weighted by atomic mass is 9.95. The molecule has 4 aromatic rings. The van der Waals surface area contributed by atoms with Gasteiger partial charge < -0.3 is 19.7 Å². The largest absolute Gasteiger partial charge is 0.370 e. The number of anilines is 1. The van der Waals surface area contributed by atoms with Crippen LogP contribution in [0, 0.1) is 0 Å². The number of primary amides is 1. The van der Waals surface area contributed by atoms with Crippen molar-refractivity contribution in [3.05, 3.63) is 70.6 Å². The maximum Gasteiger partial charge on any atom is 0.265 e. The van der Waals surface area contributed by atoms with Gasteiger partial charge in [0.2, 0.25) is 11.7 Å². The number of hydrogen-bond donors (Lipinski definition) is 1. The Kier molecular flexibility index (Phi) is 4.93. The van der Waals surface area contributed by atoms with Crippen molar-refractivity contribution in [1.82, 2.24) is 19.7 Å². The first-order chi connectivity index (χ1) is 15.5. The first-order valence-corrected chi connectivity index (χ1v) is 10.4. The van der Waals surface area contributed by atoms with Crippen molar-refractivity contribution in [3.63, 3.8) is 0 Å². The summed E-state index contributed by atoms with van der Waals surface area (Å²) in [4.78, 5) is 35.9. The molecule has 1 aliphatic rings. The van der Waals surface area contributed by atoms with E-state index in [1.165, 1.54) is 4.57 Å². The van der Waals surface area contributed by atoms with Crippen molar-refractivity contribution in [3.8, 4) is 11.4 Å². The number of nitrogens with two attached hydrogens (primary N) is 1. The molecule has 1 aromatic carbocycles. The van der Waals surface area contributed by atoms with Crippen LogP contribution >= 0.6 is 0 Å². The van der Waals surface area contributed by atoms with Gasteiger partial charge in [-0.25, -0.2) is 0 Å². The zero-order valence-electron chi connectivity index (χ0n) is 17.6. The first-order valence-electron chi connectivity index (χ1n) is 10.4. The summed E-state index contributed by atoms with van der Waals surface area (Å²) in [7, 11) is 1.66. The van der Waals surface area contributed by atoms with Gasteiger partial charge in [-0.05, 0) is 31.0 Å². The second kappa shape index (κ2) is 7.92. The summed E-state index contributed by atoms with van der Waals surface area (Å²) in [5, 5.41) is 4.93. The molecular weight excluding hydrogens is 408 g/mol. The van der Waals surface area contributed by atoms with E-state index in [-0.39, 0.29) is 17.0 Å². The molecule has 1 fully saturated rings. The van der Waals surface area contributed by atoms with Crippen molar-refractivity contribution >= 4 is 22.5 Å². The van der Waals surface area contributed by atoms with E-state index in [1.54, 1.807) is 19.4 Å². The number of amides is 1. The number of pyridine rings is 2. The fourth-order valence-electron chi connectivity index (χ4n) is 4.39. The van der Waals surface area contributed by atoms with Crippen molar-refractivity contribution in [2.45, 2.75) is 18.8 Å². The maximum absolute atomic E-state index is 12.9. The summed E-state index contributed by atoms with van der Waals surface area (Å²) in [6.07, 6.45) is 4.89. The smallest absolute Gasteiger partial charge is 0.265 e. The summed E-state index contributed by atoms with van der Waals surface area (Å²) >= 11 is 0. The Bertz CT molecular complexity index is 1350. The Morgan fingerprint density at radius 3 is 2.66 bits per heavy atom. The van der Waals surface area contributed by atoms with Crippen molar-refractivity contribution < 1.29 is 9.32 Å². The fraction of sp³-hybridized carbons (Fsp3) is 0.261. The standard InChI is InChI=1S/C23H22N6O3/c1-28-17-7-3-2-6-16(17)19(18(20(24)30)23(28)31)29-11-8-14(9-12-29)22-26-21(27-32-22)15-5-4-10-25-13-15/h2-7,10,13-14H,8-9,11-12H2,1H3,(H2,24,30). The van der Waals surface area contributed by atoms with E-state index in [2.05, 4.69) is 20.0 Å². The third-order valence-corrected chi connectivity index (χ3v) is 6.04. The second-order valence-corrected chi connectivity index (χ2v) is 7.93. The van der Waals surface area contributed by atoms with Crippen molar-refractivity contribution in [2.24, 2.45) is 12.8 Å². The van der Waals surface area contributed by atoms with E-state index < -0.39 is 5.91 Å². The van der Waals surface area contributed by atoms with Crippen LogP contribution in [0.15, 0.2) is 58.1 Å². The predicted molar refractivity (Wildman–Crippen MR) is 119 cm³/mol. The number of piperidine rings is 1. The lowest BCUT2D eigenvalue weighted by Gasteiger charge is -2.34. The van der Waals surface area contributed by atoms with E-state index in [0.29, 0.717) is 30.5 Å². The minimum absolute atomic E-state index is 0.0290. The number of carbonyl (C=O) groups is 1. The van der Waals surface area contributed by atoms with E-state index in [0.717, 1.165) is 29.3 Å². The molecule has 9 nitrogen and oxygen atoms in total. The van der Waals surface area contributed by atoms with Crippen LogP contribution in [0.5, 0.6) is 0 Å². The molecule has 0 atom stereocenters. The van der Waals surface area contributed by atoms with Gasteiger partial charge in [0.25, 0.3) is 11.5 Å². The Morgan fingerprint density at radius 1 is 1.16 bits per heavy atom. The summed E-state index contributed by atoms with van der Waals surface area (Å²) in [5.74, 6) is 0.488. The lowest BCUT2D eigenvalue weighted by Crippen LogP contribution is -2.38. The molecule has 3 aromatic heterocycles. The molecule has 0 radical (unpaired) electrons. The van der Waals surface area contributed by atoms with Crippen LogP contribution in [0.1, 0.15) is 35.0 Å². The minimum atomic E-state index is -0.716. The van der Waals surface area contributed by atoms with Gasteiger partial charge in [0.1, 0.15) is 5.56 Å². The van der Waals surface area contributed by atoms with E-state index in [4.69, 9.17) is 10.3 Å². The van der Waals surface area contributed by atoms with Crippen LogP contribution in [0.4, 0.5) is 5.69 Å². The van der Waals surface area contributed by atoms with Gasteiger partial charge in [-0.3, -0.25) is 14.6 Å². The lowest BCUT2D eigenvalue weighted by molar-refractivity contribution is 0.0999. The van der Waals surface area contributed by atoms with Gasteiger partial charge in [-0.2, -0.15) is 4.98 Å². The molecule has 5 rings (SSSR count). The molecule has 1 amide bonds. The molecule has 0 unspecified atom stereocenters. The number of nitrogens with zero attached hydrogens (tertiary/aromatic N) is 5. The number of fused-ring (bicyclic) bond motifs is 1. The molecule has 1 saturated heterocycles. The molecule has 2 N–H and O–H groups in total. The molecule has 0 saturated carbocycles. The van der Waals surface area contributed by atoms with E-state index in [9.17, 15) is 9.59 Å². The monoisotopic (exact) mass is 430 g/mol. The van der Waals surface area contributed by atoms with Gasteiger partial charge in [-0.15, -0.1) is 0 Å². The number of aryl methyl sites for hydroxylation is 1. The number of carbonyl (C=O) groups excluding carboxylic acids is 1. The number of benzene rings is 1. The van der Waals surface area contributed by atoms with E-state index in [1.807, 2.05) is 36.4 Å². The van der Waals surface area contributed by atoms with Crippen LogP contribution in [-0.4, -0.2) is 38.7 Å². The topological polar surface area (TPSA) is 120 Å². The van der Waals surface area contributed by atoms with Crippen molar-refractivity contribution in [1.29, 1.82) is 0 Å². The van der Waals surface area contributed by atoms with Gasteiger partial charge >= 0.3 is 0 Å². The molecular formula is C23H22N6O3. The normalized spacial score (nSPS) is 14.7. The first kappa shape index (κ1) is 19.9. The van der Waals surface area contributed by atoms with Gasteiger partial charge in [0.15, 0.2) is 0 Å². The fourth-order valence-corrected chi connectivity index (χ4v) is 4.39. The van der Waals surface area contributed by atoms with Crippen LogP contribution in [0.2, 0.25) is 0 Å². The van der Waals surface area contributed by atoms with Crippen molar-refractivity contribution in [2.75, 3.05) is 18.0 Å². The number of hydrogen-bond acceptors (Lipinski definition) is 7. The Hall–Kier alpha value is -4.01. The molecule has 32 heavy (non-hydrogen) atoms. The predicted octanol–water partition coefficient (Wildman–Crippen LogP) is 2.47. The molecule has 9 heteroatoms. The van der Waals surface area contributed by atoms with Gasteiger partial charge in [0.05, 0.1) is 11.2 Å².